The minimum atomic E-state index is 0.863. The Morgan fingerprint density at radius 1 is 0.375 bits per heavy atom. The van der Waals surface area contributed by atoms with Crippen LogP contribution in [0, 0.1) is 0 Å². The number of furan rings is 2. The molecular weight excluding hydrogens is 681 g/mol. The van der Waals surface area contributed by atoms with Gasteiger partial charge in [-0.25, -0.2) is 0 Å². The summed E-state index contributed by atoms with van der Waals surface area (Å²) in [5.74, 6) is 0.956. The summed E-state index contributed by atoms with van der Waals surface area (Å²) in [5.41, 5.74) is 13.3. The molecule has 2 aromatic heterocycles. The summed E-state index contributed by atoms with van der Waals surface area (Å²) >= 11 is 0. The Hall–Kier alpha value is -7.16. The van der Waals surface area contributed by atoms with Crippen LogP contribution in [0.25, 0.3) is 116 Å². The van der Waals surface area contributed by atoms with Crippen LogP contribution in [0.3, 0.4) is 0 Å². The second kappa shape index (κ2) is 12.2. The maximum atomic E-state index is 6.75. The van der Waals surface area contributed by atoms with Crippen molar-refractivity contribution in [2.24, 2.45) is 0 Å². The van der Waals surface area contributed by atoms with Crippen LogP contribution in [0.15, 0.2) is 185 Å². The number of rotatable bonds is 4. The third-order valence-electron chi connectivity index (χ3n) is 11.9. The molecule has 2 nitrogen and oxygen atoms in total. The predicted molar refractivity (Wildman–Crippen MR) is 235 cm³/mol. The molecule has 0 amide bonds. The van der Waals surface area contributed by atoms with E-state index in [4.69, 9.17) is 8.83 Å². The highest BCUT2D eigenvalue weighted by atomic mass is 16.3. The molecule has 2 heterocycles. The van der Waals surface area contributed by atoms with Crippen molar-refractivity contribution in [2.75, 3.05) is 0 Å². The molecule has 12 rings (SSSR count). The van der Waals surface area contributed by atoms with Gasteiger partial charge in [-0.05, 0) is 114 Å². The molecule has 1 aliphatic carbocycles. The van der Waals surface area contributed by atoms with Gasteiger partial charge in [-0.2, -0.15) is 0 Å². The molecule has 2 heteroatoms. The van der Waals surface area contributed by atoms with E-state index in [9.17, 15) is 0 Å². The third kappa shape index (κ3) is 4.63. The second-order valence-corrected chi connectivity index (χ2v) is 15.0. The van der Waals surface area contributed by atoms with Gasteiger partial charge in [0.2, 0.25) is 0 Å². The minimum absolute atomic E-state index is 0.863. The topological polar surface area (TPSA) is 26.3 Å². The Kier molecular flexibility index (Phi) is 6.79. The summed E-state index contributed by atoms with van der Waals surface area (Å²) in [6.07, 6.45) is 6.33. The minimum Gasteiger partial charge on any atom is -0.456 e. The van der Waals surface area contributed by atoms with Gasteiger partial charge in [0.1, 0.15) is 22.5 Å². The normalized spacial score (nSPS) is 12.8. The first-order valence-corrected chi connectivity index (χ1v) is 19.5. The molecule has 0 bridgehead atoms. The molecule has 0 aliphatic heterocycles. The van der Waals surface area contributed by atoms with Crippen LogP contribution in [-0.4, -0.2) is 0 Å². The van der Waals surface area contributed by atoms with Crippen LogP contribution in [-0.2, 0) is 6.42 Å². The molecule has 0 unspecified atom stereocenters. The van der Waals surface area contributed by atoms with Crippen LogP contribution in [0.4, 0.5) is 0 Å². The zero-order chi connectivity index (χ0) is 36.7. The van der Waals surface area contributed by atoms with Crippen molar-refractivity contribution < 1.29 is 8.83 Å². The maximum Gasteiger partial charge on any atom is 0.147 e. The largest absolute Gasteiger partial charge is 0.456 e. The van der Waals surface area contributed by atoms with Crippen molar-refractivity contribution in [3.8, 4) is 44.5 Å². The summed E-state index contributed by atoms with van der Waals surface area (Å²) in [6.45, 7) is 0. The third-order valence-corrected chi connectivity index (χ3v) is 11.9. The first-order valence-electron chi connectivity index (χ1n) is 19.5. The number of allylic oxidation sites excluding steroid dienone is 1. The average Bonchev–Trinajstić information content (AvgIpc) is 3.82. The summed E-state index contributed by atoms with van der Waals surface area (Å²) in [4.78, 5) is 0. The molecule has 262 valence electrons. The van der Waals surface area contributed by atoms with Gasteiger partial charge in [-0.15, -0.1) is 0 Å². The molecule has 0 spiro atoms. The Morgan fingerprint density at radius 3 is 1.62 bits per heavy atom. The van der Waals surface area contributed by atoms with Crippen molar-refractivity contribution in [3.05, 3.63) is 187 Å². The SMILES string of the molecule is C1=Cc2oc3c(-c4cccc(-c5c6ccccc6c(-c6cccc(-c7cccc8ccccc78)c6)c6ccccc56)c4)c4oc5ccccc5c4cc3c2CC1. The number of para-hydroxylation sites is 1. The lowest BCUT2D eigenvalue weighted by atomic mass is 9.84. The molecule has 0 fully saturated rings. The quantitative estimate of drug-likeness (QED) is 0.170. The highest BCUT2D eigenvalue weighted by Crippen LogP contribution is 2.48. The van der Waals surface area contributed by atoms with E-state index >= 15 is 0 Å². The fourth-order valence-corrected chi connectivity index (χ4v) is 9.45. The lowest BCUT2D eigenvalue weighted by Crippen LogP contribution is -1.92. The van der Waals surface area contributed by atoms with Gasteiger partial charge in [0, 0.05) is 21.7 Å². The van der Waals surface area contributed by atoms with Crippen LogP contribution >= 0.6 is 0 Å². The molecular formula is C54H34O2. The van der Waals surface area contributed by atoms with Gasteiger partial charge in [0.15, 0.2) is 0 Å². The van der Waals surface area contributed by atoms with Crippen LogP contribution in [0.5, 0.6) is 0 Å². The molecule has 1 aliphatic rings. The standard InChI is InChI=1S/C54H34O2/c1-2-20-38-33(14-1)15-13-27-39(38)34-16-11-17-35(30-34)50-42-23-3-5-25-44(42)51(45-26-6-4-24-43(45)50)36-18-12-19-37(31-36)52-53-46(40-21-7-9-28-48(40)55-53)32-47-41-22-8-10-29-49(41)56-54(47)52/h1-7,9-21,23-32H,8,22H2. The van der Waals surface area contributed by atoms with Crippen molar-refractivity contribution in [2.45, 2.75) is 12.8 Å². The van der Waals surface area contributed by atoms with Gasteiger partial charge in [0.05, 0.1) is 5.56 Å². The number of fused-ring (bicyclic) bond motifs is 9. The highest BCUT2D eigenvalue weighted by Gasteiger charge is 2.25. The smallest absolute Gasteiger partial charge is 0.147 e. The van der Waals surface area contributed by atoms with Crippen LogP contribution < -0.4 is 0 Å². The van der Waals surface area contributed by atoms with Crippen molar-refractivity contribution in [3.63, 3.8) is 0 Å². The molecule has 11 aromatic rings. The number of hydrogen-bond donors (Lipinski definition) is 0. The van der Waals surface area contributed by atoms with E-state index in [1.54, 1.807) is 0 Å². The predicted octanol–water partition coefficient (Wildman–Crippen LogP) is 15.4. The Bertz CT molecular complexity index is 3360. The van der Waals surface area contributed by atoms with E-state index in [0.717, 1.165) is 62.8 Å². The fourth-order valence-electron chi connectivity index (χ4n) is 9.45. The second-order valence-electron chi connectivity index (χ2n) is 15.0. The van der Waals surface area contributed by atoms with Gasteiger partial charge >= 0.3 is 0 Å². The van der Waals surface area contributed by atoms with Gasteiger partial charge < -0.3 is 8.83 Å². The summed E-state index contributed by atoms with van der Waals surface area (Å²) in [5, 5.41) is 10.8. The highest BCUT2D eigenvalue weighted by molar-refractivity contribution is 6.22. The Balaban J connectivity index is 1.10. The van der Waals surface area contributed by atoms with Gasteiger partial charge in [0.25, 0.3) is 0 Å². The Morgan fingerprint density at radius 2 is 0.911 bits per heavy atom. The van der Waals surface area contributed by atoms with E-state index in [2.05, 4.69) is 176 Å². The lowest BCUT2D eigenvalue weighted by molar-refractivity contribution is 0.595. The number of benzene rings is 9. The molecule has 9 aromatic carbocycles. The number of hydrogen-bond acceptors (Lipinski definition) is 2. The number of aryl methyl sites for hydroxylation is 1. The fraction of sp³-hybridized carbons (Fsp3) is 0.0370. The zero-order valence-electron chi connectivity index (χ0n) is 30.6. The van der Waals surface area contributed by atoms with Gasteiger partial charge in [-0.1, -0.05) is 152 Å². The van der Waals surface area contributed by atoms with E-state index in [-0.39, 0.29) is 0 Å². The van der Waals surface area contributed by atoms with Crippen molar-refractivity contribution in [1.29, 1.82) is 0 Å². The van der Waals surface area contributed by atoms with E-state index in [1.165, 1.54) is 71.1 Å². The van der Waals surface area contributed by atoms with Crippen molar-refractivity contribution >= 4 is 71.3 Å². The monoisotopic (exact) mass is 714 g/mol. The summed E-state index contributed by atoms with van der Waals surface area (Å²) < 4.78 is 13.5. The van der Waals surface area contributed by atoms with Crippen LogP contribution in [0.1, 0.15) is 17.7 Å². The first kappa shape index (κ1) is 31.2. The average molecular weight is 715 g/mol. The van der Waals surface area contributed by atoms with Crippen molar-refractivity contribution in [1.82, 2.24) is 0 Å². The lowest BCUT2D eigenvalue weighted by Gasteiger charge is -2.19. The molecule has 0 saturated heterocycles. The van der Waals surface area contributed by atoms with Crippen LogP contribution in [0.2, 0.25) is 0 Å². The molecule has 0 N–H and O–H groups in total. The first-order chi connectivity index (χ1) is 27.8. The molecule has 0 saturated carbocycles. The van der Waals surface area contributed by atoms with E-state index in [1.807, 2.05) is 6.07 Å². The molecule has 56 heavy (non-hydrogen) atoms. The molecule has 0 atom stereocenters. The molecule has 0 radical (unpaired) electrons. The van der Waals surface area contributed by atoms with E-state index in [0.29, 0.717) is 0 Å². The van der Waals surface area contributed by atoms with Gasteiger partial charge in [-0.3, -0.25) is 0 Å². The zero-order valence-corrected chi connectivity index (χ0v) is 30.6. The summed E-state index contributed by atoms with van der Waals surface area (Å²) in [6, 6.07) is 61.8. The maximum absolute atomic E-state index is 6.75. The van der Waals surface area contributed by atoms with E-state index < -0.39 is 0 Å². The Labute approximate surface area is 323 Å². The summed E-state index contributed by atoms with van der Waals surface area (Å²) in [7, 11) is 0.